The molecule has 0 spiro atoms. The predicted molar refractivity (Wildman–Crippen MR) is 87.7 cm³/mol. The molecular weight excluding hydrogens is 312 g/mol. The van der Waals surface area contributed by atoms with E-state index in [1.165, 1.54) is 0 Å². The van der Waals surface area contributed by atoms with E-state index in [-0.39, 0.29) is 17.0 Å². The second-order valence-corrected chi connectivity index (χ2v) is 9.34. The third kappa shape index (κ3) is 3.32. The lowest BCUT2D eigenvalue weighted by molar-refractivity contribution is 0.319. The SMILES string of the molecule is CC(C)(C)c1nc(CS(=O)(=O)[C@H]2CCCc3ccccc32)no1. The number of rotatable bonds is 3. The first-order valence-corrected chi connectivity index (χ1v) is 9.61. The molecule has 1 aromatic heterocycles. The van der Waals surface area contributed by atoms with Gasteiger partial charge < -0.3 is 4.52 Å². The molecule has 2 aromatic rings. The number of nitrogens with zero attached hydrogens (tertiary/aromatic N) is 2. The maximum Gasteiger partial charge on any atom is 0.232 e. The summed E-state index contributed by atoms with van der Waals surface area (Å²) in [6.45, 7) is 5.86. The second-order valence-electron chi connectivity index (χ2n) is 7.15. The minimum Gasteiger partial charge on any atom is -0.339 e. The fraction of sp³-hybridized carbons (Fsp3) is 0.529. The van der Waals surface area contributed by atoms with E-state index in [2.05, 4.69) is 10.1 Å². The summed E-state index contributed by atoms with van der Waals surface area (Å²) in [7, 11) is -3.37. The molecule has 1 atom stereocenters. The topological polar surface area (TPSA) is 73.1 Å². The zero-order valence-electron chi connectivity index (χ0n) is 13.7. The lowest BCUT2D eigenvalue weighted by Crippen LogP contribution is -2.21. The van der Waals surface area contributed by atoms with Crippen molar-refractivity contribution >= 4 is 9.84 Å². The van der Waals surface area contributed by atoms with Crippen LogP contribution in [-0.2, 0) is 27.4 Å². The van der Waals surface area contributed by atoms with Crippen molar-refractivity contribution < 1.29 is 12.9 Å². The van der Waals surface area contributed by atoms with Gasteiger partial charge in [-0.15, -0.1) is 0 Å². The number of sulfone groups is 1. The number of aryl methyl sites for hydroxylation is 1. The molecule has 1 heterocycles. The van der Waals surface area contributed by atoms with Crippen molar-refractivity contribution in [2.24, 2.45) is 0 Å². The summed E-state index contributed by atoms with van der Waals surface area (Å²) in [5.41, 5.74) is 1.78. The van der Waals surface area contributed by atoms with Crippen molar-refractivity contribution in [3.8, 4) is 0 Å². The fourth-order valence-electron chi connectivity index (χ4n) is 2.98. The van der Waals surface area contributed by atoms with Gasteiger partial charge >= 0.3 is 0 Å². The minimum atomic E-state index is -3.37. The molecule has 0 radical (unpaired) electrons. The number of fused-ring (bicyclic) bond motifs is 1. The molecule has 0 fully saturated rings. The van der Waals surface area contributed by atoms with Crippen LogP contribution >= 0.6 is 0 Å². The average molecular weight is 334 g/mol. The Hall–Kier alpha value is -1.69. The van der Waals surface area contributed by atoms with Crippen molar-refractivity contribution in [2.75, 3.05) is 0 Å². The lowest BCUT2D eigenvalue weighted by Gasteiger charge is -2.24. The molecule has 0 saturated carbocycles. The van der Waals surface area contributed by atoms with E-state index < -0.39 is 15.1 Å². The van der Waals surface area contributed by atoms with Gasteiger partial charge in [-0.25, -0.2) is 8.42 Å². The molecule has 124 valence electrons. The highest BCUT2D eigenvalue weighted by atomic mass is 32.2. The van der Waals surface area contributed by atoms with E-state index in [4.69, 9.17) is 4.52 Å². The Bertz CT molecular complexity index is 803. The smallest absolute Gasteiger partial charge is 0.232 e. The van der Waals surface area contributed by atoms with Gasteiger partial charge in [-0.2, -0.15) is 4.98 Å². The first-order valence-electron chi connectivity index (χ1n) is 7.90. The van der Waals surface area contributed by atoms with Crippen molar-refractivity contribution in [3.63, 3.8) is 0 Å². The summed E-state index contributed by atoms with van der Waals surface area (Å²) in [5.74, 6) is 0.538. The van der Waals surface area contributed by atoms with Crippen LogP contribution in [0.3, 0.4) is 0 Å². The highest BCUT2D eigenvalue weighted by Crippen LogP contribution is 2.36. The highest BCUT2D eigenvalue weighted by Gasteiger charge is 2.33. The molecular formula is C17H22N2O3S. The molecule has 0 bridgehead atoms. The summed E-state index contributed by atoms with van der Waals surface area (Å²) in [5, 5.41) is 3.38. The zero-order chi connectivity index (χ0) is 16.7. The molecule has 0 N–H and O–H groups in total. The van der Waals surface area contributed by atoms with E-state index >= 15 is 0 Å². The number of aromatic nitrogens is 2. The summed E-state index contributed by atoms with van der Waals surface area (Å²) in [6, 6.07) is 7.80. The summed E-state index contributed by atoms with van der Waals surface area (Å²) < 4.78 is 30.9. The first kappa shape index (κ1) is 16.2. The molecule has 0 unspecified atom stereocenters. The van der Waals surface area contributed by atoms with E-state index in [0.717, 1.165) is 24.0 Å². The Kier molecular flexibility index (Phi) is 4.04. The van der Waals surface area contributed by atoms with Crippen LogP contribution in [0.4, 0.5) is 0 Å². The predicted octanol–water partition coefficient (Wildman–Crippen LogP) is 3.36. The highest BCUT2D eigenvalue weighted by molar-refractivity contribution is 7.90. The maximum atomic E-state index is 12.9. The minimum absolute atomic E-state index is 0.175. The third-order valence-corrected chi connectivity index (χ3v) is 6.21. The number of benzene rings is 1. The van der Waals surface area contributed by atoms with Crippen LogP contribution in [0.2, 0.25) is 0 Å². The van der Waals surface area contributed by atoms with Crippen LogP contribution in [-0.4, -0.2) is 18.6 Å². The Balaban J connectivity index is 1.87. The van der Waals surface area contributed by atoms with Gasteiger partial charge in [-0.1, -0.05) is 50.2 Å². The van der Waals surface area contributed by atoms with E-state index in [1.807, 2.05) is 45.0 Å². The van der Waals surface area contributed by atoms with Crippen LogP contribution < -0.4 is 0 Å². The molecule has 3 rings (SSSR count). The summed E-state index contributed by atoms with van der Waals surface area (Å²) in [6.07, 6.45) is 2.49. The Morgan fingerprint density at radius 3 is 2.70 bits per heavy atom. The lowest BCUT2D eigenvalue weighted by atomic mass is 9.91. The van der Waals surface area contributed by atoms with E-state index in [1.54, 1.807) is 0 Å². The number of hydrogen-bond donors (Lipinski definition) is 0. The van der Waals surface area contributed by atoms with Gasteiger partial charge in [0, 0.05) is 5.41 Å². The number of hydrogen-bond acceptors (Lipinski definition) is 5. The quantitative estimate of drug-likeness (QED) is 0.860. The maximum absolute atomic E-state index is 12.9. The van der Waals surface area contributed by atoms with Gasteiger partial charge in [0.05, 0.1) is 5.25 Å². The van der Waals surface area contributed by atoms with Gasteiger partial charge in [0.15, 0.2) is 15.7 Å². The van der Waals surface area contributed by atoms with Gasteiger partial charge in [0.2, 0.25) is 5.89 Å². The molecule has 1 aromatic carbocycles. The van der Waals surface area contributed by atoms with Crippen molar-refractivity contribution in [3.05, 3.63) is 47.1 Å². The fourth-order valence-corrected chi connectivity index (χ4v) is 4.80. The molecule has 0 aliphatic heterocycles. The van der Waals surface area contributed by atoms with Crippen molar-refractivity contribution in [1.29, 1.82) is 0 Å². The normalized spacial score (nSPS) is 18.7. The second kappa shape index (κ2) is 5.74. The van der Waals surface area contributed by atoms with Crippen LogP contribution in [0, 0.1) is 0 Å². The largest absolute Gasteiger partial charge is 0.339 e. The van der Waals surface area contributed by atoms with Crippen LogP contribution in [0.5, 0.6) is 0 Å². The standard InChI is InChI=1S/C17H22N2O3S/c1-17(2,3)16-18-15(19-22-16)11-23(20,21)14-10-6-8-12-7-4-5-9-13(12)14/h4-5,7,9,14H,6,8,10-11H2,1-3H3/t14-/m0/s1. The molecule has 1 aliphatic rings. The van der Waals surface area contributed by atoms with Crippen LogP contribution in [0.1, 0.15) is 61.7 Å². The molecule has 0 amide bonds. The van der Waals surface area contributed by atoms with Gasteiger partial charge in [-0.05, 0) is 30.4 Å². The van der Waals surface area contributed by atoms with Crippen LogP contribution in [0.15, 0.2) is 28.8 Å². The van der Waals surface area contributed by atoms with Gasteiger partial charge in [0.1, 0.15) is 5.75 Å². The Morgan fingerprint density at radius 1 is 1.26 bits per heavy atom. The molecule has 23 heavy (non-hydrogen) atoms. The van der Waals surface area contributed by atoms with E-state index in [0.29, 0.717) is 12.3 Å². The molecule has 1 aliphatic carbocycles. The average Bonchev–Trinajstić information content (AvgIpc) is 2.94. The van der Waals surface area contributed by atoms with Crippen LogP contribution in [0.25, 0.3) is 0 Å². The van der Waals surface area contributed by atoms with Crippen molar-refractivity contribution in [2.45, 2.75) is 56.5 Å². The summed E-state index contributed by atoms with van der Waals surface area (Å²) >= 11 is 0. The first-order chi connectivity index (χ1) is 10.8. The Morgan fingerprint density at radius 2 is 2.00 bits per heavy atom. The monoisotopic (exact) mass is 334 g/mol. The van der Waals surface area contributed by atoms with Gasteiger partial charge in [-0.3, -0.25) is 0 Å². The van der Waals surface area contributed by atoms with Crippen molar-refractivity contribution in [1.82, 2.24) is 10.1 Å². The zero-order valence-corrected chi connectivity index (χ0v) is 14.6. The van der Waals surface area contributed by atoms with E-state index in [9.17, 15) is 8.42 Å². The molecule has 5 nitrogen and oxygen atoms in total. The molecule has 6 heteroatoms. The molecule has 0 saturated heterocycles. The third-order valence-electron chi connectivity index (χ3n) is 4.19. The Labute approximate surface area is 137 Å². The van der Waals surface area contributed by atoms with Gasteiger partial charge in [0.25, 0.3) is 0 Å². The summed E-state index contributed by atoms with van der Waals surface area (Å²) in [4.78, 5) is 4.26.